The largest absolute Gasteiger partial charge is 0.474 e. The number of nitrogens with zero attached hydrogens (tertiary/aromatic N) is 2. The molecular formula is C12H19ClN2O. The van der Waals surface area contributed by atoms with Gasteiger partial charge in [0.05, 0.1) is 6.10 Å². The van der Waals surface area contributed by atoms with Crippen LogP contribution >= 0.6 is 11.6 Å². The van der Waals surface area contributed by atoms with Crippen LogP contribution in [0.25, 0.3) is 0 Å². The van der Waals surface area contributed by atoms with Gasteiger partial charge in [0, 0.05) is 5.56 Å². The average Bonchev–Trinajstić information content (AvgIpc) is 2.11. The highest BCUT2D eigenvalue weighted by Gasteiger charge is 2.13. The minimum absolute atomic E-state index is 0.143. The summed E-state index contributed by atoms with van der Waals surface area (Å²) in [7, 11) is 0. The number of hydrogen-bond donors (Lipinski definition) is 0. The van der Waals surface area contributed by atoms with Crippen LogP contribution in [0.1, 0.15) is 38.6 Å². The summed E-state index contributed by atoms with van der Waals surface area (Å²) in [5.74, 6) is 1.85. The molecule has 0 aliphatic rings. The Morgan fingerprint density at radius 2 is 1.81 bits per heavy atom. The maximum absolute atomic E-state index is 5.98. The quantitative estimate of drug-likeness (QED) is 0.758. The Bertz CT molecular complexity index is 366. The monoisotopic (exact) mass is 242 g/mol. The highest BCUT2D eigenvalue weighted by Crippen LogP contribution is 2.23. The van der Waals surface area contributed by atoms with Gasteiger partial charge in [-0.3, -0.25) is 0 Å². The Morgan fingerprint density at radius 3 is 2.38 bits per heavy atom. The number of halogens is 1. The number of aromatic nitrogens is 2. The normalized spacial score (nSPS) is 12.9. The number of aryl methyl sites for hydroxylation is 1. The minimum Gasteiger partial charge on any atom is -0.474 e. The lowest BCUT2D eigenvalue weighted by Gasteiger charge is -2.17. The van der Waals surface area contributed by atoms with E-state index < -0.39 is 0 Å². The Kier molecular flexibility index (Phi) is 4.54. The highest BCUT2D eigenvalue weighted by atomic mass is 35.5. The van der Waals surface area contributed by atoms with E-state index in [2.05, 4.69) is 23.8 Å². The van der Waals surface area contributed by atoms with E-state index in [0.29, 0.717) is 22.8 Å². The van der Waals surface area contributed by atoms with Crippen molar-refractivity contribution >= 4 is 11.6 Å². The molecule has 0 aliphatic carbocycles. The lowest BCUT2D eigenvalue weighted by molar-refractivity contribution is 0.183. The minimum atomic E-state index is 0.143. The standard InChI is InChI=1S/C12H19ClN2O/c1-7(2)6-8(3)16-12-9(4)11(13)14-10(5)15-12/h7-8H,6H2,1-5H3. The van der Waals surface area contributed by atoms with Crippen LogP contribution in [0.3, 0.4) is 0 Å². The maximum Gasteiger partial charge on any atom is 0.221 e. The van der Waals surface area contributed by atoms with E-state index >= 15 is 0 Å². The van der Waals surface area contributed by atoms with E-state index in [1.165, 1.54) is 0 Å². The van der Waals surface area contributed by atoms with Crippen molar-refractivity contribution in [1.82, 2.24) is 9.97 Å². The zero-order valence-electron chi connectivity index (χ0n) is 10.5. The van der Waals surface area contributed by atoms with Crippen molar-refractivity contribution in [3.8, 4) is 5.88 Å². The molecule has 0 amide bonds. The topological polar surface area (TPSA) is 35.0 Å². The summed E-state index contributed by atoms with van der Waals surface area (Å²) in [6.07, 6.45) is 1.14. The van der Waals surface area contributed by atoms with Crippen LogP contribution in [-0.2, 0) is 0 Å². The van der Waals surface area contributed by atoms with Gasteiger partial charge in [-0.05, 0) is 33.1 Å². The third kappa shape index (κ3) is 3.63. The summed E-state index contributed by atoms with van der Waals surface area (Å²) in [6, 6.07) is 0. The van der Waals surface area contributed by atoms with E-state index in [1.54, 1.807) is 0 Å². The van der Waals surface area contributed by atoms with Crippen LogP contribution in [0, 0.1) is 19.8 Å². The molecule has 0 aromatic carbocycles. The van der Waals surface area contributed by atoms with Gasteiger partial charge in [0.15, 0.2) is 0 Å². The van der Waals surface area contributed by atoms with Gasteiger partial charge in [0.2, 0.25) is 5.88 Å². The number of hydrogen-bond acceptors (Lipinski definition) is 3. The van der Waals surface area contributed by atoms with Crippen LogP contribution < -0.4 is 4.74 Å². The number of rotatable bonds is 4. The summed E-state index contributed by atoms with van der Waals surface area (Å²) in [4.78, 5) is 8.34. The van der Waals surface area contributed by atoms with E-state index in [-0.39, 0.29) is 6.10 Å². The summed E-state index contributed by atoms with van der Waals surface area (Å²) < 4.78 is 5.78. The fourth-order valence-electron chi connectivity index (χ4n) is 1.59. The molecule has 0 saturated heterocycles. The van der Waals surface area contributed by atoms with Gasteiger partial charge in [-0.15, -0.1) is 0 Å². The molecular weight excluding hydrogens is 224 g/mol. The molecule has 90 valence electrons. The van der Waals surface area contributed by atoms with E-state index in [1.807, 2.05) is 20.8 Å². The second kappa shape index (κ2) is 5.48. The van der Waals surface area contributed by atoms with Gasteiger partial charge >= 0.3 is 0 Å². The lowest BCUT2D eigenvalue weighted by Crippen LogP contribution is -2.16. The molecule has 16 heavy (non-hydrogen) atoms. The van der Waals surface area contributed by atoms with Gasteiger partial charge in [0.1, 0.15) is 11.0 Å². The van der Waals surface area contributed by atoms with Gasteiger partial charge in [-0.1, -0.05) is 25.4 Å². The molecule has 0 bridgehead atoms. The second-order valence-corrected chi connectivity index (χ2v) is 4.91. The molecule has 0 spiro atoms. The van der Waals surface area contributed by atoms with Crippen molar-refractivity contribution in [3.05, 3.63) is 16.5 Å². The van der Waals surface area contributed by atoms with Crippen LogP contribution in [0.4, 0.5) is 0 Å². The van der Waals surface area contributed by atoms with E-state index in [4.69, 9.17) is 16.3 Å². The first kappa shape index (κ1) is 13.2. The molecule has 0 aliphatic heterocycles. The first-order valence-electron chi connectivity index (χ1n) is 5.57. The molecule has 1 heterocycles. The Labute approximate surface area is 102 Å². The number of ether oxygens (including phenoxy) is 1. The van der Waals surface area contributed by atoms with Gasteiger partial charge in [0.25, 0.3) is 0 Å². The second-order valence-electron chi connectivity index (χ2n) is 4.55. The SMILES string of the molecule is Cc1nc(Cl)c(C)c(OC(C)CC(C)C)n1. The Balaban J connectivity index is 2.80. The fourth-order valence-corrected chi connectivity index (χ4v) is 1.79. The predicted octanol–water partition coefficient (Wildman–Crippen LogP) is 3.56. The van der Waals surface area contributed by atoms with Crippen molar-refractivity contribution in [3.63, 3.8) is 0 Å². The molecule has 1 unspecified atom stereocenters. The first-order valence-corrected chi connectivity index (χ1v) is 5.95. The Morgan fingerprint density at radius 1 is 1.19 bits per heavy atom. The molecule has 3 nitrogen and oxygen atoms in total. The molecule has 0 fully saturated rings. The lowest BCUT2D eigenvalue weighted by atomic mass is 10.1. The molecule has 1 atom stereocenters. The fraction of sp³-hybridized carbons (Fsp3) is 0.667. The van der Waals surface area contributed by atoms with Crippen molar-refractivity contribution in [2.75, 3.05) is 0 Å². The van der Waals surface area contributed by atoms with E-state index in [0.717, 1.165) is 12.0 Å². The summed E-state index contributed by atoms with van der Waals surface area (Å²) in [6.45, 7) is 10.1. The average molecular weight is 243 g/mol. The molecule has 0 radical (unpaired) electrons. The Hall–Kier alpha value is -0.830. The molecule has 0 saturated carbocycles. The van der Waals surface area contributed by atoms with E-state index in [9.17, 15) is 0 Å². The van der Waals surface area contributed by atoms with Crippen LogP contribution in [0.15, 0.2) is 0 Å². The molecule has 0 N–H and O–H groups in total. The van der Waals surface area contributed by atoms with Crippen molar-refractivity contribution in [1.29, 1.82) is 0 Å². The smallest absolute Gasteiger partial charge is 0.221 e. The molecule has 4 heteroatoms. The zero-order chi connectivity index (χ0) is 12.3. The van der Waals surface area contributed by atoms with Crippen molar-refractivity contribution in [2.45, 2.75) is 47.1 Å². The molecule has 1 rings (SSSR count). The molecule has 1 aromatic rings. The van der Waals surface area contributed by atoms with Crippen LogP contribution in [-0.4, -0.2) is 16.1 Å². The van der Waals surface area contributed by atoms with Crippen molar-refractivity contribution < 1.29 is 4.74 Å². The summed E-state index contributed by atoms with van der Waals surface area (Å²) in [5.41, 5.74) is 0.808. The third-order valence-corrected chi connectivity index (χ3v) is 2.64. The predicted molar refractivity (Wildman–Crippen MR) is 66.1 cm³/mol. The van der Waals surface area contributed by atoms with Gasteiger partial charge in [-0.25, -0.2) is 4.98 Å². The van der Waals surface area contributed by atoms with Gasteiger partial charge in [-0.2, -0.15) is 4.98 Å². The zero-order valence-corrected chi connectivity index (χ0v) is 11.3. The molecule has 1 aromatic heterocycles. The van der Waals surface area contributed by atoms with Gasteiger partial charge < -0.3 is 4.74 Å². The summed E-state index contributed by atoms with van der Waals surface area (Å²) >= 11 is 5.98. The first-order chi connectivity index (χ1) is 7.40. The highest BCUT2D eigenvalue weighted by molar-refractivity contribution is 6.30. The third-order valence-electron chi connectivity index (χ3n) is 2.27. The van der Waals surface area contributed by atoms with Crippen LogP contribution in [0.2, 0.25) is 5.15 Å². The summed E-state index contributed by atoms with van der Waals surface area (Å²) in [5, 5.41) is 0.472. The van der Waals surface area contributed by atoms with Crippen LogP contribution in [0.5, 0.6) is 5.88 Å². The van der Waals surface area contributed by atoms with Crippen molar-refractivity contribution in [2.24, 2.45) is 5.92 Å². The maximum atomic E-state index is 5.98.